The van der Waals surface area contributed by atoms with E-state index in [0.717, 1.165) is 6.26 Å². The van der Waals surface area contributed by atoms with E-state index in [9.17, 15) is 8.42 Å². The average molecular weight is 193 g/mol. The molecule has 0 aromatic carbocycles. The summed E-state index contributed by atoms with van der Waals surface area (Å²) in [7, 11) is -3.34. The number of aromatic nitrogens is 2. The minimum atomic E-state index is -3.34. The maximum atomic E-state index is 10.9. The Morgan fingerprint density at radius 2 is 1.91 bits per heavy atom. The van der Waals surface area contributed by atoms with E-state index in [-0.39, 0.29) is 10.2 Å². The van der Waals surface area contributed by atoms with E-state index in [0.29, 0.717) is 0 Å². The molecule has 1 rings (SSSR count). The lowest BCUT2D eigenvalue weighted by Gasteiger charge is -1.96. The standard InChI is InChI=1S/C5H5ClN2O2S/c1-11(9,10)5-4(6)7-2-3-8-5/h2-3H,1H3. The van der Waals surface area contributed by atoms with Crippen LogP contribution in [0.15, 0.2) is 17.4 Å². The van der Waals surface area contributed by atoms with Crippen LogP contribution in [0, 0.1) is 0 Å². The third kappa shape index (κ3) is 1.87. The van der Waals surface area contributed by atoms with Crippen LogP contribution in [-0.2, 0) is 9.84 Å². The summed E-state index contributed by atoms with van der Waals surface area (Å²) in [6, 6.07) is 0. The van der Waals surface area contributed by atoms with Gasteiger partial charge in [-0.2, -0.15) is 0 Å². The van der Waals surface area contributed by atoms with E-state index in [1.807, 2.05) is 0 Å². The lowest BCUT2D eigenvalue weighted by Crippen LogP contribution is -2.01. The van der Waals surface area contributed by atoms with Gasteiger partial charge in [0, 0.05) is 18.6 Å². The van der Waals surface area contributed by atoms with E-state index >= 15 is 0 Å². The highest BCUT2D eigenvalue weighted by atomic mass is 35.5. The minimum Gasteiger partial charge on any atom is -0.240 e. The van der Waals surface area contributed by atoms with E-state index in [1.54, 1.807) is 0 Å². The van der Waals surface area contributed by atoms with E-state index in [4.69, 9.17) is 11.6 Å². The Hall–Kier alpha value is -0.680. The van der Waals surface area contributed by atoms with Crippen molar-refractivity contribution in [3.63, 3.8) is 0 Å². The first-order valence-electron chi connectivity index (χ1n) is 2.68. The Morgan fingerprint density at radius 1 is 1.36 bits per heavy atom. The molecule has 6 heteroatoms. The quantitative estimate of drug-likeness (QED) is 0.652. The van der Waals surface area contributed by atoms with Crippen LogP contribution in [0.2, 0.25) is 5.15 Å². The summed E-state index contributed by atoms with van der Waals surface area (Å²) in [6.45, 7) is 0. The number of nitrogens with zero attached hydrogens (tertiary/aromatic N) is 2. The second kappa shape index (κ2) is 2.75. The topological polar surface area (TPSA) is 59.9 Å². The van der Waals surface area contributed by atoms with Crippen molar-refractivity contribution < 1.29 is 8.42 Å². The molecule has 1 heterocycles. The molecule has 0 saturated heterocycles. The van der Waals surface area contributed by atoms with Gasteiger partial charge in [0.2, 0.25) is 0 Å². The molecule has 0 radical (unpaired) electrons. The molecule has 0 aliphatic heterocycles. The van der Waals surface area contributed by atoms with Crippen LogP contribution >= 0.6 is 11.6 Å². The number of rotatable bonds is 1. The molecule has 1 aromatic heterocycles. The first-order chi connectivity index (χ1) is 5.02. The van der Waals surface area contributed by atoms with Gasteiger partial charge in [-0.3, -0.25) is 0 Å². The van der Waals surface area contributed by atoms with Gasteiger partial charge in [0.05, 0.1) is 0 Å². The molecule has 0 spiro atoms. The monoisotopic (exact) mass is 192 g/mol. The normalized spacial score (nSPS) is 11.5. The van der Waals surface area contributed by atoms with Gasteiger partial charge in [-0.1, -0.05) is 11.6 Å². The summed E-state index contributed by atoms with van der Waals surface area (Å²) in [5.41, 5.74) is 0. The van der Waals surface area contributed by atoms with Crippen molar-refractivity contribution in [3.8, 4) is 0 Å². The van der Waals surface area contributed by atoms with Gasteiger partial charge in [0.1, 0.15) is 0 Å². The van der Waals surface area contributed by atoms with Crippen LogP contribution in [-0.4, -0.2) is 24.6 Å². The maximum Gasteiger partial charge on any atom is 0.195 e. The second-order valence-electron chi connectivity index (χ2n) is 1.92. The van der Waals surface area contributed by atoms with Crippen molar-refractivity contribution in [2.24, 2.45) is 0 Å². The Bertz CT molecular complexity index is 363. The fraction of sp³-hybridized carbons (Fsp3) is 0.200. The van der Waals surface area contributed by atoms with Gasteiger partial charge in [0.15, 0.2) is 20.0 Å². The summed E-state index contributed by atoms with van der Waals surface area (Å²) < 4.78 is 21.7. The fourth-order valence-electron chi connectivity index (χ4n) is 0.557. The molecule has 60 valence electrons. The smallest absolute Gasteiger partial charge is 0.195 e. The zero-order chi connectivity index (χ0) is 8.48. The fourth-order valence-corrected chi connectivity index (χ4v) is 1.69. The summed E-state index contributed by atoms with van der Waals surface area (Å²) >= 11 is 5.46. The molecule has 0 unspecified atom stereocenters. The molecule has 0 atom stereocenters. The summed E-state index contributed by atoms with van der Waals surface area (Å²) in [6.07, 6.45) is 3.64. The van der Waals surface area contributed by atoms with Gasteiger partial charge in [0.25, 0.3) is 0 Å². The highest BCUT2D eigenvalue weighted by molar-refractivity contribution is 7.90. The third-order valence-corrected chi connectivity index (χ3v) is 2.36. The van der Waals surface area contributed by atoms with Crippen LogP contribution < -0.4 is 0 Å². The molecule has 0 amide bonds. The molecule has 1 aromatic rings. The van der Waals surface area contributed by atoms with Crippen LogP contribution in [0.1, 0.15) is 0 Å². The lowest BCUT2D eigenvalue weighted by atomic mass is 10.8. The summed E-state index contributed by atoms with van der Waals surface area (Å²) in [4.78, 5) is 7.14. The largest absolute Gasteiger partial charge is 0.240 e. The Kier molecular flexibility index (Phi) is 2.10. The first kappa shape index (κ1) is 8.42. The number of halogens is 1. The first-order valence-corrected chi connectivity index (χ1v) is 4.95. The van der Waals surface area contributed by atoms with Crippen molar-refractivity contribution in [2.45, 2.75) is 5.03 Å². The Balaban J connectivity index is 3.37. The molecule has 0 fully saturated rings. The van der Waals surface area contributed by atoms with Crippen LogP contribution in [0.25, 0.3) is 0 Å². The summed E-state index contributed by atoms with van der Waals surface area (Å²) in [5, 5.41) is -0.267. The van der Waals surface area contributed by atoms with Gasteiger partial charge in [-0.25, -0.2) is 18.4 Å². The molecule has 0 N–H and O–H groups in total. The number of sulfone groups is 1. The van der Waals surface area contributed by atoms with Gasteiger partial charge >= 0.3 is 0 Å². The zero-order valence-electron chi connectivity index (χ0n) is 5.65. The molecule has 0 bridgehead atoms. The second-order valence-corrected chi connectivity index (χ2v) is 4.21. The molecule has 0 aliphatic carbocycles. The van der Waals surface area contributed by atoms with Gasteiger partial charge in [-0.05, 0) is 0 Å². The molecular weight excluding hydrogens is 188 g/mol. The SMILES string of the molecule is CS(=O)(=O)c1nccnc1Cl. The Labute approximate surface area is 69.2 Å². The van der Waals surface area contributed by atoms with Crippen molar-refractivity contribution in [3.05, 3.63) is 17.5 Å². The lowest BCUT2D eigenvalue weighted by molar-refractivity contribution is 0.597. The predicted molar refractivity (Wildman–Crippen MR) is 40.2 cm³/mol. The van der Waals surface area contributed by atoms with Gasteiger partial charge < -0.3 is 0 Å². The van der Waals surface area contributed by atoms with Crippen LogP contribution in [0.5, 0.6) is 0 Å². The Morgan fingerprint density at radius 3 is 2.27 bits per heavy atom. The molecule has 0 aliphatic rings. The average Bonchev–Trinajstić information content (AvgIpc) is 1.86. The highest BCUT2D eigenvalue weighted by Crippen LogP contribution is 2.13. The third-order valence-electron chi connectivity index (χ3n) is 0.974. The molecule has 4 nitrogen and oxygen atoms in total. The van der Waals surface area contributed by atoms with Crippen molar-refractivity contribution >= 4 is 21.4 Å². The maximum absolute atomic E-state index is 10.9. The van der Waals surface area contributed by atoms with Crippen molar-refractivity contribution in [1.29, 1.82) is 0 Å². The minimum absolute atomic E-state index is 0.0880. The van der Waals surface area contributed by atoms with E-state index in [1.165, 1.54) is 12.4 Å². The molecular formula is C5H5ClN2O2S. The van der Waals surface area contributed by atoms with Crippen molar-refractivity contribution in [1.82, 2.24) is 9.97 Å². The predicted octanol–water partition coefficient (Wildman–Crippen LogP) is 0.533. The van der Waals surface area contributed by atoms with E-state index < -0.39 is 9.84 Å². The van der Waals surface area contributed by atoms with Gasteiger partial charge in [-0.15, -0.1) is 0 Å². The molecule has 0 saturated carbocycles. The van der Waals surface area contributed by atoms with Crippen LogP contribution in [0.3, 0.4) is 0 Å². The highest BCUT2D eigenvalue weighted by Gasteiger charge is 2.13. The zero-order valence-corrected chi connectivity index (χ0v) is 7.22. The van der Waals surface area contributed by atoms with Crippen LogP contribution in [0.4, 0.5) is 0 Å². The summed E-state index contributed by atoms with van der Waals surface area (Å²) in [5.74, 6) is 0. The number of hydrogen-bond acceptors (Lipinski definition) is 4. The molecule has 11 heavy (non-hydrogen) atoms. The number of hydrogen-bond donors (Lipinski definition) is 0. The van der Waals surface area contributed by atoms with Crippen molar-refractivity contribution in [2.75, 3.05) is 6.26 Å². The van der Waals surface area contributed by atoms with E-state index in [2.05, 4.69) is 9.97 Å².